The predicted octanol–water partition coefficient (Wildman–Crippen LogP) is 4.81. The minimum Gasteiger partial charge on any atom is -0.458 e. The predicted molar refractivity (Wildman–Crippen MR) is 160 cm³/mol. The average Bonchev–Trinajstić information content (AvgIpc) is 3.52. The van der Waals surface area contributed by atoms with Crippen molar-refractivity contribution in [2.75, 3.05) is 11.9 Å². The van der Waals surface area contributed by atoms with E-state index in [0.717, 1.165) is 0 Å². The fraction of sp³-hybridized carbons (Fsp3) is 0.516. The van der Waals surface area contributed by atoms with Crippen molar-refractivity contribution in [3.8, 4) is 0 Å². The molecular weight excluding hydrogens is 582 g/mol. The third kappa shape index (κ3) is 5.41. The van der Waals surface area contributed by atoms with Crippen LogP contribution >= 0.6 is 23.2 Å². The molecule has 5 N–H and O–H groups in total. The van der Waals surface area contributed by atoms with Crippen molar-refractivity contribution in [1.82, 2.24) is 10.6 Å². The lowest BCUT2D eigenvalue weighted by Crippen LogP contribution is -2.49. The molecule has 1 saturated carbocycles. The lowest BCUT2D eigenvalue weighted by atomic mass is 9.62. The highest BCUT2D eigenvalue weighted by Gasteiger charge is 2.66. The van der Waals surface area contributed by atoms with Gasteiger partial charge in [0.2, 0.25) is 11.8 Å². The topological polar surface area (TPSA) is 123 Å². The van der Waals surface area contributed by atoms with Crippen LogP contribution in [0.5, 0.6) is 0 Å². The van der Waals surface area contributed by atoms with Crippen molar-refractivity contribution in [1.29, 1.82) is 0 Å². The highest BCUT2D eigenvalue weighted by atomic mass is 35.5. The van der Waals surface area contributed by atoms with Crippen molar-refractivity contribution in [2.45, 2.75) is 88.4 Å². The molecule has 2 fully saturated rings. The number of hydrogen-bond acceptors (Lipinski definition) is 6. The number of anilines is 1. The van der Waals surface area contributed by atoms with Gasteiger partial charge in [0.1, 0.15) is 16.8 Å². The molecule has 1 spiro atoms. The van der Waals surface area contributed by atoms with Gasteiger partial charge in [0.15, 0.2) is 0 Å². The van der Waals surface area contributed by atoms with Gasteiger partial charge in [-0.15, -0.1) is 0 Å². The molecule has 5 rings (SSSR count). The lowest BCUT2D eigenvalue weighted by Gasteiger charge is -2.37. The summed E-state index contributed by atoms with van der Waals surface area (Å²) in [5, 5.41) is 9.92. The molecule has 226 valence electrons. The van der Waals surface area contributed by atoms with E-state index in [2.05, 4.69) is 36.7 Å². The number of carbonyl (C=O) groups excluding carboxylic acids is 3. The first-order valence-electron chi connectivity index (χ1n) is 14.2. The fourth-order valence-corrected chi connectivity index (χ4v) is 7.53. The van der Waals surface area contributed by atoms with Gasteiger partial charge < -0.3 is 26.4 Å². The van der Waals surface area contributed by atoms with Gasteiger partial charge in [0, 0.05) is 35.1 Å². The Kier molecular flexibility index (Phi) is 8.11. The molecule has 3 aliphatic rings. The molecular formula is C31H37Cl2FN4O4. The summed E-state index contributed by atoms with van der Waals surface area (Å²) in [5.41, 5.74) is 4.47. The molecule has 1 aliphatic carbocycles. The Hall–Kier alpha value is -2.72. The van der Waals surface area contributed by atoms with E-state index in [1.807, 2.05) is 6.92 Å². The monoisotopic (exact) mass is 618 g/mol. The number of nitrogens with one attached hydrogen (secondary N) is 3. The van der Waals surface area contributed by atoms with Gasteiger partial charge in [0.25, 0.3) is 0 Å². The summed E-state index contributed by atoms with van der Waals surface area (Å²) in [7, 11) is 0. The Morgan fingerprint density at radius 3 is 2.64 bits per heavy atom. The molecule has 0 aromatic heterocycles. The third-order valence-electron chi connectivity index (χ3n) is 8.79. The molecule has 42 heavy (non-hydrogen) atoms. The number of rotatable bonds is 6. The van der Waals surface area contributed by atoms with E-state index in [4.69, 9.17) is 33.7 Å². The van der Waals surface area contributed by atoms with Gasteiger partial charge in [0.05, 0.1) is 17.6 Å². The van der Waals surface area contributed by atoms with Crippen molar-refractivity contribution in [3.05, 3.63) is 63.4 Å². The Labute approximate surface area is 255 Å². The molecule has 0 radical (unpaired) electrons. The van der Waals surface area contributed by atoms with E-state index in [9.17, 15) is 14.4 Å². The summed E-state index contributed by atoms with van der Waals surface area (Å²) in [6.45, 7) is 7.77. The molecule has 2 heterocycles. The standard InChI is InChI=1S/C31H37Cl2FN4O4/c1-29(2,3)14-22-31(19-9-8-16(32)12-21(19)37-28(31)41)24(18-6-5-7-20(33)25(18)34)26(38-22)27(40)36-17-10-11-30(4,13-17)42-23(39)15-35/h5-9,12,17,22,24,26,38H,10-11,13-15,35H2,1-4H3,(H,36,40)(H,37,41). The van der Waals surface area contributed by atoms with Crippen LogP contribution in [-0.2, 0) is 24.5 Å². The Bertz CT molecular complexity index is 1430. The van der Waals surface area contributed by atoms with Crippen LogP contribution in [-0.4, -0.2) is 48.1 Å². The molecule has 2 aromatic rings. The van der Waals surface area contributed by atoms with Crippen LogP contribution < -0.4 is 21.7 Å². The van der Waals surface area contributed by atoms with Crippen LogP contribution in [0.4, 0.5) is 10.1 Å². The number of ether oxygens (including phenoxy) is 1. The van der Waals surface area contributed by atoms with Gasteiger partial charge in [-0.1, -0.05) is 62.2 Å². The van der Waals surface area contributed by atoms with Crippen molar-refractivity contribution in [3.63, 3.8) is 0 Å². The highest BCUT2D eigenvalue weighted by molar-refractivity contribution is 6.31. The molecule has 6 unspecified atom stereocenters. The first-order valence-corrected chi connectivity index (χ1v) is 15.0. The molecule has 0 bridgehead atoms. The Balaban J connectivity index is 1.59. The molecule has 11 heteroatoms. The van der Waals surface area contributed by atoms with Gasteiger partial charge in [-0.25, -0.2) is 4.39 Å². The van der Waals surface area contributed by atoms with Gasteiger partial charge in [-0.3, -0.25) is 14.4 Å². The first kappa shape index (κ1) is 30.7. The average molecular weight is 620 g/mol. The van der Waals surface area contributed by atoms with E-state index in [1.54, 1.807) is 30.3 Å². The molecule has 2 amide bonds. The number of amides is 2. The molecule has 6 atom stereocenters. The van der Waals surface area contributed by atoms with Crippen LogP contribution in [0.3, 0.4) is 0 Å². The van der Waals surface area contributed by atoms with Crippen molar-refractivity contribution < 1.29 is 23.5 Å². The normalized spacial score (nSPS) is 30.3. The zero-order valence-corrected chi connectivity index (χ0v) is 25.7. The van der Waals surface area contributed by atoms with Crippen LogP contribution in [0.25, 0.3) is 0 Å². The third-order valence-corrected chi connectivity index (χ3v) is 9.32. The van der Waals surface area contributed by atoms with E-state index in [-0.39, 0.29) is 40.4 Å². The minimum atomic E-state index is -1.33. The minimum absolute atomic E-state index is 0.0934. The van der Waals surface area contributed by atoms with Crippen molar-refractivity contribution in [2.24, 2.45) is 11.1 Å². The number of carbonyl (C=O) groups is 3. The van der Waals surface area contributed by atoms with Crippen LogP contribution in [0.2, 0.25) is 10.0 Å². The quantitative estimate of drug-likeness (QED) is 0.345. The largest absolute Gasteiger partial charge is 0.458 e. The van der Waals surface area contributed by atoms with Gasteiger partial charge >= 0.3 is 5.97 Å². The maximum absolute atomic E-state index is 15.9. The van der Waals surface area contributed by atoms with Gasteiger partial charge in [-0.05, 0) is 60.9 Å². The van der Waals surface area contributed by atoms with Crippen molar-refractivity contribution >= 4 is 46.7 Å². The summed E-state index contributed by atoms with van der Waals surface area (Å²) < 4.78 is 21.5. The molecule has 1 saturated heterocycles. The summed E-state index contributed by atoms with van der Waals surface area (Å²) in [4.78, 5) is 40.3. The number of fused-ring (bicyclic) bond motifs is 2. The highest BCUT2D eigenvalue weighted by Crippen LogP contribution is 2.57. The zero-order valence-electron chi connectivity index (χ0n) is 24.2. The first-order chi connectivity index (χ1) is 19.7. The molecule has 8 nitrogen and oxygen atoms in total. The second kappa shape index (κ2) is 11.1. The number of esters is 1. The van der Waals surface area contributed by atoms with E-state index >= 15 is 4.39 Å². The fourth-order valence-electron chi connectivity index (χ4n) is 7.18. The zero-order chi connectivity index (χ0) is 30.6. The molecule has 2 aliphatic heterocycles. The maximum Gasteiger partial charge on any atom is 0.320 e. The number of benzene rings is 2. The maximum atomic E-state index is 15.9. The molecule has 2 aromatic carbocycles. The summed E-state index contributed by atoms with van der Waals surface area (Å²) in [6, 6.07) is 8.05. The Morgan fingerprint density at radius 1 is 1.21 bits per heavy atom. The van der Waals surface area contributed by atoms with E-state index < -0.39 is 40.8 Å². The van der Waals surface area contributed by atoms with Gasteiger partial charge in [-0.2, -0.15) is 0 Å². The van der Waals surface area contributed by atoms with Crippen LogP contribution in [0, 0.1) is 11.2 Å². The van der Waals surface area contributed by atoms with Crippen LogP contribution in [0.1, 0.15) is 70.4 Å². The number of nitrogens with two attached hydrogens (primary N) is 1. The Morgan fingerprint density at radius 2 is 1.95 bits per heavy atom. The summed E-state index contributed by atoms with van der Waals surface area (Å²) in [6.07, 6.45) is 2.07. The van der Waals surface area contributed by atoms with E-state index in [0.29, 0.717) is 42.0 Å². The van der Waals surface area contributed by atoms with Crippen LogP contribution in [0.15, 0.2) is 36.4 Å². The summed E-state index contributed by atoms with van der Waals surface area (Å²) in [5.74, 6) is -2.81. The number of hydrogen-bond donors (Lipinski definition) is 4. The second-order valence-corrected chi connectivity index (χ2v) is 14.0. The second-order valence-electron chi connectivity index (χ2n) is 13.2. The van der Waals surface area contributed by atoms with E-state index in [1.165, 1.54) is 6.07 Å². The SMILES string of the molecule is CC(C)(C)CC1NC(C(=O)NC2CCC(C)(OC(=O)CN)C2)C(c2cccc(Cl)c2F)C12C(=O)Nc1cc(Cl)ccc12. The lowest BCUT2D eigenvalue weighted by molar-refractivity contribution is -0.155. The smallest absolute Gasteiger partial charge is 0.320 e. The summed E-state index contributed by atoms with van der Waals surface area (Å²) >= 11 is 12.6. The number of halogens is 3.